The van der Waals surface area contributed by atoms with Crippen LogP contribution in [-0.4, -0.2) is 10.1 Å². The quantitative estimate of drug-likeness (QED) is 0.760. The van der Waals surface area contributed by atoms with Crippen LogP contribution in [0.1, 0.15) is 28.4 Å². The van der Waals surface area contributed by atoms with E-state index in [-0.39, 0.29) is 0 Å². The molecule has 3 rings (SSSR count). The van der Waals surface area contributed by atoms with Crippen molar-refractivity contribution in [2.24, 2.45) is 0 Å². The Kier molecular flexibility index (Phi) is 3.25. The van der Waals surface area contributed by atoms with Crippen LogP contribution in [0.5, 0.6) is 0 Å². The predicted octanol–water partition coefficient (Wildman–Crippen LogP) is 3.93. The fraction of sp³-hybridized carbons (Fsp3) is 0.167. The minimum atomic E-state index is -0.623. The van der Waals surface area contributed by atoms with E-state index in [0.717, 1.165) is 21.9 Å². The van der Waals surface area contributed by atoms with Gasteiger partial charge in [-0.2, -0.15) is 0 Å². The van der Waals surface area contributed by atoms with Gasteiger partial charge in [0.15, 0.2) is 0 Å². The van der Waals surface area contributed by atoms with E-state index in [1.165, 1.54) is 11.1 Å². The van der Waals surface area contributed by atoms with Crippen molar-refractivity contribution in [3.63, 3.8) is 0 Å². The number of fused-ring (bicyclic) bond motifs is 1. The molecule has 0 fully saturated rings. The van der Waals surface area contributed by atoms with Gasteiger partial charge in [-0.1, -0.05) is 36.4 Å². The van der Waals surface area contributed by atoms with Gasteiger partial charge in [0.2, 0.25) is 0 Å². The summed E-state index contributed by atoms with van der Waals surface area (Å²) < 4.78 is 0. The number of benzene rings is 2. The number of hydrogen-bond donors (Lipinski definition) is 1. The molecule has 3 aromatic rings. The Morgan fingerprint density at radius 2 is 1.85 bits per heavy atom. The molecule has 100 valence electrons. The molecule has 1 unspecified atom stereocenters. The molecule has 0 saturated carbocycles. The average Bonchev–Trinajstić information content (AvgIpc) is 2.49. The smallest absolute Gasteiger partial charge is 0.105 e. The summed E-state index contributed by atoms with van der Waals surface area (Å²) in [6.07, 6.45) is 2.96. The molecule has 2 aromatic carbocycles. The molecule has 0 bridgehead atoms. The van der Waals surface area contributed by atoms with Crippen LogP contribution >= 0.6 is 0 Å². The molecule has 1 N–H and O–H groups in total. The Morgan fingerprint density at radius 1 is 1.00 bits per heavy atom. The maximum absolute atomic E-state index is 10.7. The van der Waals surface area contributed by atoms with Gasteiger partial charge in [0.05, 0.1) is 0 Å². The van der Waals surface area contributed by atoms with Crippen molar-refractivity contribution in [2.75, 3.05) is 0 Å². The van der Waals surface area contributed by atoms with Gasteiger partial charge in [-0.3, -0.25) is 4.98 Å². The molecule has 0 aliphatic rings. The van der Waals surface area contributed by atoms with Crippen LogP contribution in [0.3, 0.4) is 0 Å². The van der Waals surface area contributed by atoms with Gasteiger partial charge < -0.3 is 5.11 Å². The van der Waals surface area contributed by atoms with Crippen molar-refractivity contribution in [1.82, 2.24) is 4.98 Å². The third-order valence-corrected chi connectivity index (χ3v) is 3.86. The monoisotopic (exact) mass is 263 g/mol. The van der Waals surface area contributed by atoms with E-state index in [1.54, 1.807) is 6.20 Å². The van der Waals surface area contributed by atoms with E-state index in [1.807, 2.05) is 36.5 Å². The molecule has 0 radical (unpaired) electrons. The van der Waals surface area contributed by atoms with Crippen molar-refractivity contribution < 1.29 is 5.11 Å². The number of nitrogens with zero attached hydrogens (tertiary/aromatic N) is 1. The molecule has 20 heavy (non-hydrogen) atoms. The van der Waals surface area contributed by atoms with Crippen LogP contribution in [0.15, 0.2) is 54.9 Å². The molecule has 0 amide bonds. The summed E-state index contributed by atoms with van der Waals surface area (Å²) >= 11 is 0. The van der Waals surface area contributed by atoms with Crippen molar-refractivity contribution in [3.8, 4) is 0 Å². The lowest BCUT2D eigenvalue weighted by molar-refractivity contribution is 0.222. The molecule has 0 aliphatic carbocycles. The van der Waals surface area contributed by atoms with Crippen LogP contribution in [0.2, 0.25) is 0 Å². The normalized spacial score (nSPS) is 12.6. The Balaban J connectivity index is 2.12. The number of aliphatic hydroxyl groups excluding tert-OH is 1. The lowest BCUT2D eigenvalue weighted by Gasteiger charge is -2.15. The third-order valence-electron chi connectivity index (χ3n) is 3.86. The van der Waals surface area contributed by atoms with Crippen LogP contribution in [0.4, 0.5) is 0 Å². The molecule has 1 heterocycles. The molecule has 0 saturated heterocycles. The van der Waals surface area contributed by atoms with Crippen molar-refractivity contribution in [2.45, 2.75) is 20.0 Å². The number of pyridine rings is 1. The molecule has 1 aromatic heterocycles. The summed E-state index contributed by atoms with van der Waals surface area (Å²) in [5.74, 6) is 0. The van der Waals surface area contributed by atoms with Gasteiger partial charge in [0.1, 0.15) is 6.10 Å². The van der Waals surface area contributed by atoms with Gasteiger partial charge in [0.25, 0.3) is 0 Å². The highest BCUT2D eigenvalue weighted by Gasteiger charge is 2.14. The Labute approximate surface area is 118 Å². The lowest BCUT2D eigenvalue weighted by Crippen LogP contribution is -2.01. The third kappa shape index (κ3) is 2.19. The number of rotatable bonds is 2. The lowest BCUT2D eigenvalue weighted by atomic mass is 9.95. The van der Waals surface area contributed by atoms with Crippen molar-refractivity contribution in [3.05, 3.63) is 77.1 Å². The van der Waals surface area contributed by atoms with Crippen molar-refractivity contribution in [1.29, 1.82) is 0 Å². The maximum Gasteiger partial charge on any atom is 0.105 e. The SMILES string of the molecule is Cc1ccc(C(O)c2cccc3ccncc23)cc1C. The highest BCUT2D eigenvalue weighted by Crippen LogP contribution is 2.29. The zero-order valence-corrected chi connectivity index (χ0v) is 11.7. The van der Waals surface area contributed by atoms with Crippen LogP contribution < -0.4 is 0 Å². The van der Waals surface area contributed by atoms with Crippen molar-refractivity contribution >= 4 is 10.8 Å². The van der Waals surface area contributed by atoms with E-state index in [2.05, 4.69) is 31.0 Å². The summed E-state index contributed by atoms with van der Waals surface area (Å²) in [7, 11) is 0. The van der Waals surface area contributed by atoms with Gasteiger partial charge in [-0.25, -0.2) is 0 Å². The molecular weight excluding hydrogens is 246 g/mol. The molecule has 2 heteroatoms. The molecule has 1 atom stereocenters. The topological polar surface area (TPSA) is 33.1 Å². The average molecular weight is 263 g/mol. The van der Waals surface area contributed by atoms with E-state index < -0.39 is 6.10 Å². The second-order valence-electron chi connectivity index (χ2n) is 5.19. The standard InChI is InChI=1S/C18H17NO/c1-12-6-7-15(10-13(12)2)18(20)16-5-3-4-14-8-9-19-11-17(14)16/h3-11,18,20H,1-2H3. The first kappa shape index (κ1) is 12.8. The van der Waals surface area contributed by atoms with Crippen LogP contribution in [0.25, 0.3) is 10.8 Å². The summed E-state index contributed by atoms with van der Waals surface area (Å²) in [6, 6.07) is 14.0. The minimum absolute atomic E-state index is 0.623. The summed E-state index contributed by atoms with van der Waals surface area (Å²) in [5.41, 5.74) is 4.25. The molecule has 2 nitrogen and oxygen atoms in total. The van der Waals surface area contributed by atoms with Gasteiger partial charge in [-0.05, 0) is 47.6 Å². The van der Waals surface area contributed by atoms with Crippen LogP contribution in [0, 0.1) is 13.8 Å². The Bertz CT molecular complexity index is 759. The molecular formula is C18H17NO. The van der Waals surface area contributed by atoms with E-state index in [4.69, 9.17) is 0 Å². The molecule has 0 spiro atoms. The van der Waals surface area contributed by atoms with Gasteiger partial charge >= 0.3 is 0 Å². The first-order valence-corrected chi connectivity index (χ1v) is 6.74. The van der Waals surface area contributed by atoms with E-state index in [9.17, 15) is 5.11 Å². The largest absolute Gasteiger partial charge is 0.384 e. The summed E-state index contributed by atoms with van der Waals surface area (Å²) in [5, 5.41) is 12.8. The predicted molar refractivity (Wildman–Crippen MR) is 81.7 cm³/mol. The van der Waals surface area contributed by atoms with Gasteiger partial charge in [-0.15, -0.1) is 0 Å². The van der Waals surface area contributed by atoms with E-state index >= 15 is 0 Å². The zero-order valence-electron chi connectivity index (χ0n) is 11.7. The summed E-state index contributed by atoms with van der Waals surface area (Å²) in [4.78, 5) is 4.17. The highest BCUT2D eigenvalue weighted by atomic mass is 16.3. The molecule has 0 aliphatic heterocycles. The fourth-order valence-electron chi connectivity index (χ4n) is 2.49. The minimum Gasteiger partial charge on any atom is -0.384 e. The second-order valence-corrected chi connectivity index (χ2v) is 5.19. The first-order chi connectivity index (χ1) is 9.66. The Morgan fingerprint density at radius 3 is 2.65 bits per heavy atom. The van der Waals surface area contributed by atoms with Gasteiger partial charge in [0, 0.05) is 17.8 Å². The number of aliphatic hydroxyl groups is 1. The summed E-state index contributed by atoms with van der Waals surface area (Å²) in [6.45, 7) is 4.14. The highest BCUT2D eigenvalue weighted by molar-refractivity contribution is 5.85. The number of aryl methyl sites for hydroxylation is 2. The second kappa shape index (κ2) is 5.06. The number of hydrogen-bond acceptors (Lipinski definition) is 2. The number of aromatic nitrogens is 1. The Hall–Kier alpha value is -2.19. The van der Waals surface area contributed by atoms with Crippen LogP contribution in [-0.2, 0) is 0 Å². The zero-order chi connectivity index (χ0) is 14.1. The fourth-order valence-corrected chi connectivity index (χ4v) is 2.49. The van der Waals surface area contributed by atoms with E-state index in [0.29, 0.717) is 0 Å². The first-order valence-electron chi connectivity index (χ1n) is 6.74. The maximum atomic E-state index is 10.7.